The number of anilines is 1. The van der Waals surface area contributed by atoms with E-state index < -0.39 is 0 Å². The van der Waals surface area contributed by atoms with E-state index in [0.717, 1.165) is 12.3 Å². The van der Waals surface area contributed by atoms with Crippen LogP contribution in [-0.4, -0.2) is 32.3 Å². The van der Waals surface area contributed by atoms with Crippen molar-refractivity contribution in [3.63, 3.8) is 0 Å². The molecule has 0 bridgehead atoms. The number of ether oxygens (including phenoxy) is 1. The molecule has 1 aliphatic heterocycles. The van der Waals surface area contributed by atoms with Gasteiger partial charge < -0.3 is 15.0 Å². The Hall–Kier alpha value is -1.22. The van der Waals surface area contributed by atoms with Crippen LogP contribution in [0.5, 0.6) is 5.75 Å². The maximum Gasteiger partial charge on any atom is 0.119 e. The standard InChI is InChI=1S/C14H22N2O/c1-14(2)13(15-3)9-10-16(14)11-5-7-12(17-4)8-6-11/h5-8,13,15H,9-10H2,1-4H3. The predicted molar refractivity (Wildman–Crippen MR) is 71.9 cm³/mol. The van der Waals surface area contributed by atoms with Crippen LogP contribution in [-0.2, 0) is 0 Å². The predicted octanol–water partition coefficient (Wildman–Crippen LogP) is 2.27. The maximum atomic E-state index is 5.20. The smallest absolute Gasteiger partial charge is 0.119 e. The molecule has 94 valence electrons. The summed E-state index contributed by atoms with van der Waals surface area (Å²) in [4.78, 5) is 2.47. The first-order valence-electron chi connectivity index (χ1n) is 6.18. The summed E-state index contributed by atoms with van der Waals surface area (Å²) in [5.41, 5.74) is 1.43. The van der Waals surface area contributed by atoms with Gasteiger partial charge in [0.15, 0.2) is 0 Å². The zero-order chi connectivity index (χ0) is 12.5. The number of nitrogens with one attached hydrogen (secondary N) is 1. The Labute approximate surface area is 104 Å². The molecule has 0 spiro atoms. The molecule has 1 aromatic carbocycles. The molecule has 1 saturated heterocycles. The van der Waals surface area contributed by atoms with Gasteiger partial charge >= 0.3 is 0 Å². The highest BCUT2D eigenvalue weighted by molar-refractivity contribution is 5.53. The van der Waals surface area contributed by atoms with Crippen molar-refractivity contribution in [3.8, 4) is 5.75 Å². The Bertz CT molecular complexity index is 372. The van der Waals surface area contributed by atoms with Gasteiger partial charge in [0.25, 0.3) is 0 Å². The zero-order valence-corrected chi connectivity index (χ0v) is 11.2. The molecule has 1 unspecified atom stereocenters. The molecular weight excluding hydrogens is 212 g/mol. The Kier molecular flexibility index (Phi) is 3.29. The summed E-state index contributed by atoms with van der Waals surface area (Å²) in [6.07, 6.45) is 1.19. The normalized spacial score (nSPS) is 22.8. The third-order valence-electron chi connectivity index (χ3n) is 3.92. The van der Waals surface area contributed by atoms with Crippen molar-refractivity contribution in [3.05, 3.63) is 24.3 Å². The molecule has 1 atom stereocenters. The molecule has 2 rings (SSSR count). The van der Waals surface area contributed by atoms with E-state index in [1.54, 1.807) is 7.11 Å². The van der Waals surface area contributed by atoms with Crippen molar-refractivity contribution in [1.82, 2.24) is 5.32 Å². The van der Waals surface area contributed by atoms with Crippen LogP contribution in [0.15, 0.2) is 24.3 Å². The fourth-order valence-corrected chi connectivity index (χ4v) is 2.81. The average molecular weight is 234 g/mol. The van der Waals surface area contributed by atoms with Gasteiger partial charge in [0.2, 0.25) is 0 Å². The Morgan fingerprint density at radius 3 is 2.41 bits per heavy atom. The summed E-state index contributed by atoms with van der Waals surface area (Å²) < 4.78 is 5.20. The highest BCUT2D eigenvalue weighted by atomic mass is 16.5. The average Bonchev–Trinajstić information content (AvgIpc) is 2.64. The van der Waals surface area contributed by atoms with Crippen LogP contribution >= 0.6 is 0 Å². The highest BCUT2D eigenvalue weighted by Crippen LogP contribution is 2.34. The van der Waals surface area contributed by atoms with Crippen molar-refractivity contribution in [2.45, 2.75) is 31.8 Å². The Balaban J connectivity index is 2.22. The van der Waals surface area contributed by atoms with E-state index in [-0.39, 0.29) is 5.54 Å². The lowest BCUT2D eigenvalue weighted by molar-refractivity contribution is 0.402. The molecule has 0 radical (unpaired) electrons. The van der Waals surface area contributed by atoms with Crippen molar-refractivity contribution < 1.29 is 4.74 Å². The second-order valence-electron chi connectivity index (χ2n) is 5.13. The number of hydrogen-bond donors (Lipinski definition) is 1. The van der Waals surface area contributed by atoms with Gasteiger partial charge in [0.1, 0.15) is 5.75 Å². The molecule has 17 heavy (non-hydrogen) atoms. The first-order valence-corrected chi connectivity index (χ1v) is 6.18. The summed E-state index contributed by atoms with van der Waals surface area (Å²) >= 11 is 0. The van der Waals surface area contributed by atoms with E-state index in [0.29, 0.717) is 6.04 Å². The second-order valence-corrected chi connectivity index (χ2v) is 5.13. The third kappa shape index (κ3) is 2.12. The third-order valence-corrected chi connectivity index (χ3v) is 3.92. The lowest BCUT2D eigenvalue weighted by Crippen LogP contribution is -2.50. The summed E-state index contributed by atoms with van der Waals surface area (Å²) in [6, 6.07) is 8.87. The molecule has 1 aliphatic rings. The molecular formula is C14H22N2O. The van der Waals surface area contributed by atoms with E-state index in [9.17, 15) is 0 Å². The van der Waals surface area contributed by atoms with Crippen LogP contribution in [0.4, 0.5) is 5.69 Å². The van der Waals surface area contributed by atoms with Crippen molar-refractivity contribution in [2.75, 3.05) is 25.6 Å². The van der Waals surface area contributed by atoms with Crippen LogP contribution < -0.4 is 15.0 Å². The lowest BCUT2D eigenvalue weighted by atomic mass is 9.95. The molecule has 1 heterocycles. The molecule has 3 nitrogen and oxygen atoms in total. The molecule has 0 saturated carbocycles. The van der Waals surface area contributed by atoms with Gasteiger partial charge in [-0.25, -0.2) is 0 Å². The molecule has 0 aliphatic carbocycles. The van der Waals surface area contributed by atoms with Gasteiger partial charge in [-0.3, -0.25) is 0 Å². The van der Waals surface area contributed by atoms with Crippen LogP contribution in [0.1, 0.15) is 20.3 Å². The summed E-state index contributed by atoms with van der Waals surface area (Å²) in [6.45, 7) is 5.70. The number of methoxy groups -OCH3 is 1. The quantitative estimate of drug-likeness (QED) is 0.868. The van der Waals surface area contributed by atoms with Gasteiger partial charge in [0, 0.05) is 23.8 Å². The Morgan fingerprint density at radius 2 is 1.94 bits per heavy atom. The number of likely N-dealkylation sites (N-methyl/N-ethyl adjacent to an activating group) is 1. The molecule has 0 amide bonds. The molecule has 0 aromatic heterocycles. The number of nitrogens with zero attached hydrogens (tertiary/aromatic N) is 1. The summed E-state index contributed by atoms with van der Waals surface area (Å²) in [5, 5.41) is 3.41. The second kappa shape index (κ2) is 4.57. The SMILES string of the molecule is CNC1CCN(c2ccc(OC)cc2)C1(C)C. The van der Waals surface area contributed by atoms with Gasteiger partial charge in [-0.15, -0.1) is 0 Å². The minimum atomic E-state index is 0.156. The zero-order valence-electron chi connectivity index (χ0n) is 11.2. The van der Waals surface area contributed by atoms with E-state index in [4.69, 9.17) is 4.74 Å². The lowest BCUT2D eigenvalue weighted by Gasteiger charge is -2.37. The van der Waals surface area contributed by atoms with Crippen molar-refractivity contribution in [1.29, 1.82) is 0 Å². The fraction of sp³-hybridized carbons (Fsp3) is 0.571. The van der Waals surface area contributed by atoms with Crippen LogP contribution in [0.3, 0.4) is 0 Å². The van der Waals surface area contributed by atoms with E-state index >= 15 is 0 Å². The van der Waals surface area contributed by atoms with Gasteiger partial charge in [0.05, 0.1) is 7.11 Å². The largest absolute Gasteiger partial charge is 0.497 e. The maximum absolute atomic E-state index is 5.20. The monoisotopic (exact) mass is 234 g/mol. The minimum Gasteiger partial charge on any atom is -0.497 e. The Morgan fingerprint density at radius 1 is 1.29 bits per heavy atom. The molecule has 1 aromatic rings. The first kappa shape index (κ1) is 12.2. The highest BCUT2D eigenvalue weighted by Gasteiger charge is 2.40. The number of benzene rings is 1. The molecule has 1 fully saturated rings. The van der Waals surface area contributed by atoms with E-state index in [2.05, 4.69) is 36.2 Å². The summed E-state index contributed by atoms with van der Waals surface area (Å²) in [7, 11) is 3.75. The molecule has 1 N–H and O–H groups in total. The van der Waals surface area contributed by atoms with Crippen LogP contribution in [0.25, 0.3) is 0 Å². The first-order chi connectivity index (χ1) is 8.09. The van der Waals surface area contributed by atoms with Crippen molar-refractivity contribution in [2.24, 2.45) is 0 Å². The fourth-order valence-electron chi connectivity index (χ4n) is 2.81. The van der Waals surface area contributed by atoms with Crippen LogP contribution in [0.2, 0.25) is 0 Å². The van der Waals surface area contributed by atoms with Gasteiger partial charge in [-0.2, -0.15) is 0 Å². The van der Waals surface area contributed by atoms with Crippen molar-refractivity contribution >= 4 is 5.69 Å². The minimum absolute atomic E-state index is 0.156. The topological polar surface area (TPSA) is 24.5 Å². The number of hydrogen-bond acceptors (Lipinski definition) is 3. The number of rotatable bonds is 3. The summed E-state index contributed by atoms with van der Waals surface area (Å²) in [5.74, 6) is 0.913. The van der Waals surface area contributed by atoms with Crippen LogP contribution in [0, 0.1) is 0 Å². The van der Waals surface area contributed by atoms with Gasteiger partial charge in [-0.05, 0) is 51.6 Å². The van der Waals surface area contributed by atoms with Gasteiger partial charge in [-0.1, -0.05) is 0 Å². The van der Waals surface area contributed by atoms with E-state index in [1.807, 2.05) is 19.2 Å². The molecule has 3 heteroatoms. The van der Waals surface area contributed by atoms with E-state index in [1.165, 1.54) is 12.1 Å².